The van der Waals surface area contributed by atoms with Crippen molar-refractivity contribution in [2.24, 2.45) is 0 Å². The smallest absolute Gasteiger partial charge is 0.455 e. The third kappa shape index (κ3) is 5.17. The number of halogens is 4. The van der Waals surface area contributed by atoms with E-state index in [1.807, 2.05) is 19.9 Å². The second kappa shape index (κ2) is 9.97. The van der Waals surface area contributed by atoms with Gasteiger partial charge in [-0.2, -0.15) is 21.6 Å². The number of fused-ring (bicyclic) bond motifs is 1. The zero-order valence-electron chi connectivity index (χ0n) is 20.1. The quantitative estimate of drug-likeness (QED) is 0.270. The number of aromatic nitrogens is 2. The third-order valence-corrected chi connectivity index (χ3v) is 7.83. The van der Waals surface area contributed by atoms with Crippen LogP contribution in [-0.2, 0) is 23.0 Å². The van der Waals surface area contributed by atoms with E-state index in [1.165, 1.54) is 18.2 Å². The number of aryl methyl sites for hydroxylation is 2. The zero-order valence-corrected chi connectivity index (χ0v) is 22.5. The van der Waals surface area contributed by atoms with E-state index in [4.69, 9.17) is 4.42 Å². The van der Waals surface area contributed by atoms with Gasteiger partial charge in [0.25, 0.3) is 5.56 Å². The van der Waals surface area contributed by atoms with Gasteiger partial charge in [-0.3, -0.25) is 14.1 Å². The Morgan fingerprint density at radius 1 is 1.14 bits per heavy atom. The first-order valence-corrected chi connectivity index (χ1v) is 13.6. The molecule has 2 aromatic carbocycles. The van der Waals surface area contributed by atoms with Crippen molar-refractivity contribution in [1.29, 1.82) is 0 Å². The molecule has 0 spiro atoms. The van der Waals surface area contributed by atoms with Crippen LogP contribution in [0.15, 0.2) is 56.1 Å². The van der Waals surface area contributed by atoms with Crippen LogP contribution in [0, 0.1) is 13.8 Å². The number of sulfonamides is 1. The maximum Gasteiger partial charge on any atom is 0.516 e. The molecule has 0 aliphatic rings. The molecule has 2 aromatic heterocycles. The average molecular weight is 598 g/mol. The summed E-state index contributed by atoms with van der Waals surface area (Å²) in [5.41, 5.74) is -3.26. The van der Waals surface area contributed by atoms with Gasteiger partial charge in [-0.25, -0.2) is 4.98 Å². The minimum atomic E-state index is -5.63. The number of alkyl halides is 3. The van der Waals surface area contributed by atoms with E-state index in [-0.39, 0.29) is 29.1 Å². The lowest BCUT2D eigenvalue weighted by molar-refractivity contribution is -0.0429. The van der Waals surface area contributed by atoms with Gasteiger partial charge in [-0.15, -0.1) is 0 Å². The van der Waals surface area contributed by atoms with Crippen molar-refractivity contribution in [1.82, 2.24) is 9.55 Å². The number of anilines is 1. The third-order valence-electron chi connectivity index (χ3n) is 5.94. The highest BCUT2D eigenvalue weighted by Gasteiger charge is 2.46. The molecule has 0 radical (unpaired) electrons. The zero-order chi connectivity index (χ0) is 27.1. The number of hydrogen-bond acceptors (Lipinski definition) is 5. The highest BCUT2D eigenvalue weighted by Crippen LogP contribution is 2.41. The molecule has 7 nitrogen and oxygen atoms in total. The molecule has 0 saturated carbocycles. The Morgan fingerprint density at radius 3 is 2.51 bits per heavy atom. The fraction of sp³-hybridized carbons (Fsp3) is 0.280. The summed E-state index contributed by atoms with van der Waals surface area (Å²) in [6, 6.07) is 10.9. The van der Waals surface area contributed by atoms with E-state index >= 15 is 0 Å². The molecule has 2 heterocycles. The SMILES string of the molecule is CCCc1nc(C)c(C)c(=O)n1Cc1ccc2oc(-c3ccccc3NS(=O)(=O)C(F)(F)F)c(Br)c2c1. The van der Waals surface area contributed by atoms with Crippen molar-refractivity contribution in [3.05, 3.63) is 79.9 Å². The topological polar surface area (TPSA) is 94.2 Å². The lowest BCUT2D eigenvalue weighted by atomic mass is 10.1. The molecule has 12 heteroatoms. The van der Waals surface area contributed by atoms with Gasteiger partial charge >= 0.3 is 15.5 Å². The molecule has 0 amide bonds. The summed E-state index contributed by atoms with van der Waals surface area (Å²) in [5, 5.41) is 0.614. The van der Waals surface area contributed by atoms with Crippen molar-refractivity contribution >= 4 is 42.6 Å². The molecule has 1 N–H and O–H groups in total. The average Bonchev–Trinajstić information content (AvgIpc) is 3.15. The Balaban J connectivity index is 1.77. The lowest BCUT2D eigenvalue weighted by Crippen LogP contribution is -2.30. The molecule has 0 bridgehead atoms. The molecule has 196 valence electrons. The lowest BCUT2D eigenvalue weighted by Gasteiger charge is -2.14. The van der Waals surface area contributed by atoms with Gasteiger partial charge in [-0.05, 0) is 66.0 Å². The van der Waals surface area contributed by atoms with Gasteiger partial charge in [0.1, 0.15) is 11.4 Å². The molecular weight excluding hydrogens is 575 g/mol. The van der Waals surface area contributed by atoms with Crippen molar-refractivity contribution in [2.45, 2.75) is 45.7 Å². The summed E-state index contributed by atoms with van der Waals surface area (Å²) in [5.74, 6) is 0.845. The fourth-order valence-electron chi connectivity index (χ4n) is 3.93. The Labute approximate surface area is 219 Å². The van der Waals surface area contributed by atoms with Crippen molar-refractivity contribution in [3.63, 3.8) is 0 Å². The van der Waals surface area contributed by atoms with E-state index < -0.39 is 15.5 Å². The fourth-order valence-corrected chi connectivity index (χ4v) is 5.12. The number of rotatable bonds is 7. The van der Waals surface area contributed by atoms with Crippen LogP contribution in [0.3, 0.4) is 0 Å². The molecule has 0 unspecified atom stereocenters. The van der Waals surface area contributed by atoms with Gasteiger partial charge in [0.2, 0.25) is 0 Å². The first kappa shape index (κ1) is 26.9. The summed E-state index contributed by atoms with van der Waals surface area (Å²) in [6.07, 6.45) is 1.46. The summed E-state index contributed by atoms with van der Waals surface area (Å²) in [4.78, 5) is 17.6. The summed E-state index contributed by atoms with van der Waals surface area (Å²) < 4.78 is 71.9. The van der Waals surface area contributed by atoms with Gasteiger partial charge < -0.3 is 4.42 Å². The van der Waals surface area contributed by atoms with Crippen LogP contribution in [0.4, 0.5) is 18.9 Å². The monoisotopic (exact) mass is 597 g/mol. The normalized spacial score (nSPS) is 12.3. The number of para-hydroxylation sites is 1. The van der Waals surface area contributed by atoms with Gasteiger partial charge in [0.15, 0.2) is 5.76 Å². The number of benzene rings is 2. The van der Waals surface area contributed by atoms with Crippen LogP contribution >= 0.6 is 15.9 Å². The van der Waals surface area contributed by atoms with E-state index in [0.29, 0.717) is 38.9 Å². The standard InChI is InChI=1S/C25H23BrF3N3O4S/c1-4-7-21-30-15(3)14(2)24(33)32(21)13-16-10-11-20-18(12-16)22(26)23(36-20)17-8-5-6-9-19(17)31-37(34,35)25(27,28)29/h5-6,8-12,31H,4,7,13H2,1-3H3. The molecule has 0 atom stereocenters. The van der Waals surface area contributed by atoms with Crippen molar-refractivity contribution in [2.75, 3.05) is 4.72 Å². The Bertz CT molecular complexity index is 1660. The first-order valence-electron chi connectivity index (χ1n) is 11.3. The van der Waals surface area contributed by atoms with Gasteiger partial charge in [0.05, 0.1) is 16.7 Å². The van der Waals surface area contributed by atoms with Crippen LogP contribution < -0.4 is 10.3 Å². The molecule has 0 aliphatic carbocycles. The highest BCUT2D eigenvalue weighted by atomic mass is 79.9. The summed E-state index contributed by atoms with van der Waals surface area (Å²) >= 11 is 3.46. The van der Waals surface area contributed by atoms with Crippen LogP contribution in [0.25, 0.3) is 22.3 Å². The molecule has 0 fully saturated rings. The molecule has 0 aliphatic heterocycles. The molecule has 37 heavy (non-hydrogen) atoms. The summed E-state index contributed by atoms with van der Waals surface area (Å²) in [7, 11) is -5.63. The first-order chi connectivity index (χ1) is 17.3. The van der Waals surface area contributed by atoms with E-state index in [2.05, 4.69) is 20.9 Å². The largest absolute Gasteiger partial charge is 0.516 e. The number of hydrogen-bond donors (Lipinski definition) is 1. The predicted octanol–water partition coefficient (Wildman–Crippen LogP) is 6.30. The number of nitrogens with one attached hydrogen (secondary N) is 1. The van der Waals surface area contributed by atoms with Crippen molar-refractivity contribution < 1.29 is 26.0 Å². The molecule has 0 saturated heterocycles. The number of furan rings is 1. The number of nitrogens with zero attached hydrogens (tertiary/aromatic N) is 2. The predicted molar refractivity (Wildman–Crippen MR) is 139 cm³/mol. The van der Waals surface area contributed by atoms with Crippen LogP contribution in [0.2, 0.25) is 0 Å². The Kier molecular flexibility index (Phi) is 7.26. The minimum Gasteiger partial charge on any atom is -0.455 e. The molecule has 4 aromatic rings. The second-order valence-electron chi connectivity index (χ2n) is 8.55. The Hall–Kier alpha value is -3.12. The molecular formula is C25H23BrF3N3O4S. The summed E-state index contributed by atoms with van der Waals surface area (Å²) in [6.45, 7) is 5.83. The van der Waals surface area contributed by atoms with Crippen LogP contribution in [0.1, 0.15) is 36.0 Å². The maximum absolute atomic E-state index is 13.0. The van der Waals surface area contributed by atoms with E-state index in [0.717, 1.165) is 12.0 Å². The maximum atomic E-state index is 13.0. The Morgan fingerprint density at radius 2 is 1.84 bits per heavy atom. The second-order valence-corrected chi connectivity index (χ2v) is 11.0. The van der Waals surface area contributed by atoms with Crippen molar-refractivity contribution in [3.8, 4) is 11.3 Å². The van der Waals surface area contributed by atoms with E-state index in [9.17, 15) is 26.4 Å². The van der Waals surface area contributed by atoms with Gasteiger partial charge in [-0.1, -0.05) is 25.1 Å². The van der Waals surface area contributed by atoms with Crippen LogP contribution in [-0.4, -0.2) is 23.5 Å². The van der Waals surface area contributed by atoms with E-state index in [1.54, 1.807) is 34.4 Å². The highest BCUT2D eigenvalue weighted by molar-refractivity contribution is 9.10. The molecule has 4 rings (SSSR count). The minimum absolute atomic E-state index is 0.117. The van der Waals surface area contributed by atoms with Gasteiger partial charge in [0, 0.05) is 28.6 Å². The van der Waals surface area contributed by atoms with Crippen LogP contribution in [0.5, 0.6) is 0 Å².